The Labute approximate surface area is 96.0 Å². The van der Waals surface area contributed by atoms with Crippen LogP contribution in [0.25, 0.3) is 0 Å². The van der Waals surface area contributed by atoms with E-state index >= 15 is 0 Å². The van der Waals surface area contributed by atoms with Crippen molar-refractivity contribution in [2.75, 3.05) is 0 Å². The molecule has 0 saturated heterocycles. The van der Waals surface area contributed by atoms with Crippen molar-refractivity contribution in [2.24, 2.45) is 0 Å². The number of rotatable bonds is 1. The molecule has 0 spiro atoms. The number of imidazole rings is 1. The third kappa shape index (κ3) is 2.32. The van der Waals surface area contributed by atoms with Gasteiger partial charge in [0.15, 0.2) is 0 Å². The van der Waals surface area contributed by atoms with E-state index in [9.17, 15) is 0 Å². The van der Waals surface area contributed by atoms with Crippen LogP contribution in [0.2, 0.25) is 0 Å². The summed E-state index contributed by atoms with van der Waals surface area (Å²) in [6.45, 7) is 4.23. The molecule has 0 N–H and O–H groups in total. The molecule has 0 atom stereocenters. The predicted molar refractivity (Wildman–Crippen MR) is 65.0 cm³/mol. The van der Waals surface area contributed by atoms with Gasteiger partial charge in [0.25, 0.3) is 0 Å². The highest BCUT2D eigenvalue weighted by Crippen LogP contribution is 2.10. The van der Waals surface area contributed by atoms with Gasteiger partial charge in [0.05, 0.1) is 0 Å². The number of aromatic nitrogens is 2. The van der Waals surface area contributed by atoms with Gasteiger partial charge in [-0.1, -0.05) is 32.0 Å². The lowest BCUT2D eigenvalue weighted by molar-refractivity contribution is 0.760. The molecular formula is C14H14N2. The first-order valence-electron chi connectivity index (χ1n) is 5.37. The van der Waals surface area contributed by atoms with Crippen molar-refractivity contribution in [1.29, 1.82) is 0 Å². The van der Waals surface area contributed by atoms with Crippen LogP contribution in [0.5, 0.6) is 0 Å². The average molecular weight is 210 g/mol. The van der Waals surface area contributed by atoms with E-state index in [1.54, 1.807) is 6.20 Å². The average Bonchev–Trinajstić information content (AvgIpc) is 2.76. The Morgan fingerprint density at radius 3 is 2.62 bits per heavy atom. The molecule has 0 radical (unpaired) electrons. The first-order chi connectivity index (χ1) is 7.77. The van der Waals surface area contributed by atoms with Gasteiger partial charge in [-0.3, -0.25) is 4.57 Å². The minimum Gasteiger partial charge on any atom is -0.262 e. The summed E-state index contributed by atoms with van der Waals surface area (Å²) in [4.78, 5) is 4.29. The highest BCUT2D eigenvalue weighted by molar-refractivity contribution is 5.34. The Balaban J connectivity index is 2.28. The van der Waals surface area contributed by atoms with Crippen LogP contribution in [0.1, 0.15) is 31.2 Å². The molecule has 0 unspecified atom stereocenters. The maximum Gasteiger partial charge on any atom is 0.122 e. The molecule has 2 rings (SSSR count). The maximum absolute atomic E-state index is 4.29. The largest absolute Gasteiger partial charge is 0.262 e. The lowest BCUT2D eigenvalue weighted by Gasteiger charge is -2.02. The van der Waals surface area contributed by atoms with Crippen molar-refractivity contribution in [3.63, 3.8) is 0 Å². The molecule has 1 aromatic heterocycles. The normalized spacial score (nSPS) is 9.94. The van der Waals surface area contributed by atoms with Crippen LogP contribution in [0.4, 0.5) is 0 Å². The molecule has 0 bridgehead atoms. The van der Waals surface area contributed by atoms with Crippen molar-refractivity contribution in [3.05, 3.63) is 54.1 Å². The fraction of sp³-hybridized carbons (Fsp3) is 0.214. The zero-order chi connectivity index (χ0) is 11.4. The molecule has 2 aromatic rings. The van der Waals surface area contributed by atoms with Crippen LogP contribution in [-0.4, -0.2) is 9.55 Å². The van der Waals surface area contributed by atoms with Crippen LogP contribution in [0.3, 0.4) is 0 Å². The third-order valence-electron chi connectivity index (χ3n) is 2.28. The summed E-state index contributed by atoms with van der Waals surface area (Å²) in [5.74, 6) is 4.51. The van der Waals surface area contributed by atoms with Crippen LogP contribution < -0.4 is 0 Å². The molecule has 1 aromatic carbocycles. The molecule has 0 amide bonds. The monoisotopic (exact) mass is 210 g/mol. The van der Waals surface area contributed by atoms with E-state index in [0.717, 1.165) is 11.4 Å². The van der Waals surface area contributed by atoms with Gasteiger partial charge in [-0.15, -0.1) is 0 Å². The van der Waals surface area contributed by atoms with Gasteiger partial charge >= 0.3 is 0 Å². The predicted octanol–water partition coefficient (Wildman–Crippen LogP) is 2.86. The lowest BCUT2D eigenvalue weighted by Crippen LogP contribution is -1.99. The summed E-state index contributed by atoms with van der Waals surface area (Å²) < 4.78 is 1.89. The topological polar surface area (TPSA) is 17.8 Å². The van der Waals surface area contributed by atoms with E-state index in [4.69, 9.17) is 0 Å². The zero-order valence-electron chi connectivity index (χ0n) is 9.51. The van der Waals surface area contributed by atoms with Crippen molar-refractivity contribution in [2.45, 2.75) is 19.8 Å². The summed E-state index contributed by atoms with van der Waals surface area (Å²) in [5, 5.41) is 0. The number of hydrogen-bond donors (Lipinski definition) is 0. The van der Waals surface area contributed by atoms with Crippen LogP contribution in [0.15, 0.2) is 42.7 Å². The lowest BCUT2D eigenvalue weighted by atomic mass is 10.2. The number of benzene rings is 1. The van der Waals surface area contributed by atoms with Gasteiger partial charge in [0.1, 0.15) is 5.82 Å². The Morgan fingerprint density at radius 1 is 1.19 bits per heavy atom. The van der Waals surface area contributed by atoms with E-state index in [1.807, 2.05) is 41.1 Å². The highest BCUT2D eigenvalue weighted by atomic mass is 15.0. The third-order valence-corrected chi connectivity index (χ3v) is 2.28. The number of nitrogens with zero attached hydrogens (tertiary/aromatic N) is 2. The summed E-state index contributed by atoms with van der Waals surface area (Å²) in [7, 11) is 0. The van der Waals surface area contributed by atoms with Crippen molar-refractivity contribution in [1.82, 2.24) is 9.55 Å². The molecule has 0 aliphatic heterocycles. The van der Waals surface area contributed by atoms with Gasteiger partial charge in [-0.25, -0.2) is 4.98 Å². The van der Waals surface area contributed by atoms with Crippen molar-refractivity contribution < 1.29 is 0 Å². The maximum atomic E-state index is 4.29. The molecule has 16 heavy (non-hydrogen) atoms. The molecule has 2 heteroatoms. The summed E-state index contributed by atoms with van der Waals surface area (Å²) in [6, 6.07) is 13.1. The van der Waals surface area contributed by atoms with Gasteiger partial charge in [-0.05, 0) is 18.1 Å². The molecule has 0 saturated carbocycles. The second-order valence-electron chi connectivity index (χ2n) is 3.91. The molecule has 0 aliphatic rings. The molecule has 80 valence electrons. The second kappa shape index (κ2) is 4.67. The van der Waals surface area contributed by atoms with Crippen LogP contribution >= 0.6 is 0 Å². The highest BCUT2D eigenvalue weighted by Gasteiger charge is 2.04. The fourth-order valence-corrected chi connectivity index (χ4v) is 1.48. The smallest absolute Gasteiger partial charge is 0.122 e. The second-order valence-corrected chi connectivity index (χ2v) is 3.91. The molecule has 1 heterocycles. The molecule has 2 nitrogen and oxygen atoms in total. The van der Waals surface area contributed by atoms with Gasteiger partial charge < -0.3 is 0 Å². The molecular weight excluding hydrogens is 196 g/mol. The minimum absolute atomic E-state index is 0.389. The molecule has 0 fully saturated rings. The number of hydrogen-bond acceptors (Lipinski definition) is 1. The van der Waals surface area contributed by atoms with Crippen LogP contribution in [0, 0.1) is 12.0 Å². The van der Waals surface area contributed by atoms with Gasteiger partial charge in [0.2, 0.25) is 0 Å². The first-order valence-corrected chi connectivity index (χ1v) is 5.37. The summed E-state index contributed by atoms with van der Waals surface area (Å²) in [5.41, 5.74) is 1.02. The van der Waals surface area contributed by atoms with E-state index in [2.05, 4.69) is 30.8 Å². The SMILES string of the molecule is CC(C)c1nccn1C#Cc1ccccc1. The minimum atomic E-state index is 0.389. The van der Waals surface area contributed by atoms with E-state index in [-0.39, 0.29) is 0 Å². The molecule has 0 aliphatic carbocycles. The van der Waals surface area contributed by atoms with E-state index in [1.165, 1.54) is 0 Å². The van der Waals surface area contributed by atoms with E-state index in [0.29, 0.717) is 5.92 Å². The van der Waals surface area contributed by atoms with Gasteiger partial charge in [-0.2, -0.15) is 0 Å². The zero-order valence-corrected chi connectivity index (χ0v) is 9.51. The Bertz CT molecular complexity index is 512. The van der Waals surface area contributed by atoms with Crippen molar-refractivity contribution >= 4 is 0 Å². The Morgan fingerprint density at radius 2 is 1.94 bits per heavy atom. The van der Waals surface area contributed by atoms with Crippen LogP contribution in [-0.2, 0) is 0 Å². The standard InChI is InChI=1S/C14H14N2/c1-12(2)14-15-9-11-16(14)10-8-13-6-4-3-5-7-13/h3-7,9,11-12H,1-2H3. The van der Waals surface area contributed by atoms with E-state index < -0.39 is 0 Å². The first kappa shape index (κ1) is 10.5. The quantitative estimate of drug-likeness (QED) is 0.662. The van der Waals surface area contributed by atoms with Gasteiger partial charge in [0, 0.05) is 29.9 Å². The Hall–Kier alpha value is -2.01. The summed E-state index contributed by atoms with van der Waals surface area (Å²) >= 11 is 0. The Kier molecular flexibility index (Phi) is 3.07. The van der Waals surface area contributed by atoms with Crippen molar-refractivity contribution in [3.8, 4) is 12.0 Å². The fourth-order valence-electron chi connectivity index (χ4n) is 1.48. The summed E-state index contributed by atoms with van der Waals surface area (Å²) in [6.07, 6.45) is 3.68.